The van der Waals surface area contributed by atoms with Gasteiger partial charge in [-0.05, 0) is 17.2 Å². The van der Waals surface area contributed by atoms with Crippen LogP contribution in [0.2, 0.25) is 0 Å². The Kier molecular flexibility index (Phi) is 4.25. The fraction of sp³-hybridized carbons (Fsp3) is 0.286. The summed E-state index contributed by atoms with van der Waals surface area (Å²) in [7, 11) is 0. The van der Waals surface area contributed by atoms with Gasteiger partial charge in [-0.3, -0.25) is 14.7 Å². The summed E-state index contributed by atoms with van der Waals surface area (Å²) in [5.74, 6) is 0.0377. The molecule has 1 aliphatic rings. The van der Waals surface area contributed by atoms with Gasteiger partial charge in [-0.1, -0.05) is 18.2 Å². The fourth-order valence-electron chi connectivity index (χ4n) is 1.94. The molecule has 0 aromatic carbocycles. The zero-order valence-corrected chi connectivity index (χ0v) is 10.3. The van der Waals surface area contributed by atoms with Crippen LogP contribution in [-0.4, -0.2) is 42.0 Å². The Morgan fingerprint density at radius 2 is 2.50 bits per heavy atom. The predicted molar refractivity (Wildman–Crippen MR) is 71.9 cm³/mol. The van der Waals surface area contributed by atoms with E-state index < -0.39 is 0 Å². The monoisotopic (exact) mass is 243 g/mol. The van der Waals surface area contributed by atoms with Crippen LogP contribution in [0.4, 0.5) is 0 Å². The molecule has 1 aromatic heterocycles. The lowest BCUT2D eigenvalue weighted by Crippen LogP contribution is -2.36. The molecule has 0 atom stereocenters. The van der Waals surface area contributed by atoms with Crippen LogP contribution < -0.4 is 5.32 Å². The van der Waals surface area contributed by atoms with E-state index in [-0.39, 0.29) is 5.91 Å². The van der Waals surface area contributed by atoms with E-state index in [9.17, 15) is 4.79 Å². The molecule has 4 heteroatoms. The number of nitrogens with zero attached hydrogens (tertiary/aromatic N) is 2. The van der Waals surface area contributed by atoms with Crippen LogP contribution in [0.15, 0.2) is 43.3 Å². The van der Waals surface area contributed by atoms with Crippen LogP contribution in [-0.2, 0) is 4.79 Å². The number of carbonyl (C=O) groups is 1. The summed E-state index contributed by atoms with van der Waals surface area (Å²) in [5.41, 5.74) is 2.37. The summed E-state index contributed by atoms with van der Waals surface area (Å²) in [6.07, 6.45) is 7.45. The second kappa shape index (κ2) is 6.12. The van der Waals surface area contributed by atoms with Gasteiger partial charge in [0.2, 0.25) is 5.91 Å². The number of carbonyl (C=O) groups excluding carboxylic acids is 1. The average molecular weight is 243 g/mol. The minimum absolute atomic E-state index is 0.0377. The minimum Gasteiger partial charge on any atom is -0.352 e. The Morgan fingerprint density at radius 1 is 1.61 bits per heavy atom. The predicted octanol–water partition coefficient (Wildman–Crippen LogP) is 1.08. The van der Waals surface area contributed by atoms with Gasteiger partial charge < -0.3 is 5.32 Å². The Morgan fingerprint density at radius 3 is 3.22 bits per heavy atom. The van der Waals surface area contributed by atoms with E-state index in [2.05, 4.69) is 27.9 Å². The molecule has 1 amide bonds. The van der Waals surface area contributed by atoms with Crippen molar-refractivity contribution in [3.63, 3.8) is 0 Å². The number of amides is 1. The molecule has 4 nitrogen and oxygen atoms in total. The van der Waals surface area contributed by atoms with E-state index >= 15 is 0 Å². The summed E-state index contributed by atoms with van der Waals surface area (Å²) in [6.45, 7) is 6.13. The molecule has 1 aliphatic heterocycles. The van der Waals surface area contributed by atoms with E-state index in [0.717, 1.165) is 18.7 Å². The van der Waals surface area contributed by atoms with Crippen molar-refractivity contribution in [2.75, 3.05) is 26.2 Å². The lowest BCUT2D eigenvalue weighted by molar-refractivity contribution is -0.121. The van der Waals surface area contributed by atoms with Crippen molar-refractivity contribution in [2.24, 2.45) is 0 Å². The summed E-state index contributed by atoms with van der Waals surface area (Å²) >= 11 is 0. The molecule has 0 radical (unpaired) electrons. The summed E-state index contributed by atoms with van der Waals surface area (Å²) < 4.78 is 0. The summed E-state index contributed by atoms with van der Waals surface area (Å²) in [4.78, 5) is 17.8. The first-order chi connectivity index (χ1) is 8.79. The lowest BCUT2D eigenvalue weighted by Gasteiger charge is -2.15. The largest absolute Gasteiger partial charge is 0.352 e. The Hall–Kier alpha value is -1.94. The van der Waals surface area contributed by atoms with Gasteiger partial charge in [0.25, 0.3) is 0 Å². The van der Waals surface area contributed by atoms with Crippen LogP contribution in [0.1, 0.15) is 5.56 Å². The number of pyridine rings is 1. The van der Waals surface area contributed by atoms with E-state index in [1.807, 2.05) is 18.3 Å². The molecular weight excluding hydrogens is 226 g/mol. The molecule has 18 heavy (non-hydrogen) atoms. The van der Waals surface area contributed by atoms with Gasteiger partial charge in [-0.25, -0.2) is 0 Å². The van der Waals surface area contributed by atoms with Gasteiger partial charge >= 0.3 is 0 Å². The second-order valence-corrected chi connectivity index (χ2v) is 4.23. The van der Waals surface area contributed by atoms with Crippen molar-refractivity contribution in [3.05, 3.63) is 48.8 Å². The lowest BCUT2D eigenvalue weighted by atomic mass is 10.1. The Labute approximate surface area is 107 Å². The topological polar surface area (TPSA) is 45.2 Å². The second-order valence-electron chi connectivity index (χ2n) is 4.23. The quantitative estimate of drug-likeness (QED) is 0.787. The first kappa shape index (κ1) is 12.5. The third-order valence-corrected chi connectivity index (χ3v) is 2.83. The van der Waals surface area contributed by atoms with Crippen molar-refractivity contribution in [1.82, 2.24) is 15.2 Å². The molecule has 0 spiro atoms. The van der Waals surface area contributed by atoms with Crippen LogP contribution in [0.5, 0.6) is 0 Å². The highest BCUT2D eigenvalue weighted by Gasteiger charge is 2.17. The standard InChI is InChI=1S/C14H17N3O/c1-2-6-16-14(18)11-17-8-5-13(10-17)12-4-3-7-15-9-12/h2-5,7,9H,1,6,8,10-11H2,(H,16,18). The van der Waals surface area contributed by atoms with E-state index in [0.29, 0.717) is 13.1 Å². The number of rotatable bonds is 5. The zero-order chi connectivity index (χ0) is 12.8. The van der Waals surface area contributed by atoms with Gasteiger partial charge in [0.15, 0.2) is 0 Å². The molecule has 94 valence electrons. The normalized spacial score (nSPS) is 15.2. The van der Waals surface area contributed by atoms with Crippen molar-refractivity contribution < 1.29 is 4.79 Å². The summed E-state index contributed by atoms with van der Waals surface area (Å²) in [6, 6.07) is 3.97. The van der Waals surface area contributed by atoms with Gasteiger partial charge in [0.05, 0.1) is 6.54 Å². The van der Waals surface area contributed by atoms with Crippen LogP contribution >= 0.6 is 0 Å². The number of nitrogens with one attached hydrogen (secondary N) is 1. The molecule has 0 saturated carbocycles. The van der Waals surface area contributed by atoms with Gasteiger partial charge in [-0.15, -0.1) is 6.58 Å². The Bertz CT molecular complexity index is 453. The van der Waals surface area contributed by atoms with Crippen molar-refractivity contribution in [1.29, 1.82) is 0 Å². The molecule has 0 saturated heterocycles. The maximum Gasteiger partial charge on any atom is 0.234 e. The van der Waals surface area contributed by atoms with Crippen molar-refractivity contribution >= 4 is 11.5 Å². The van der Waals surface area contributed by atoms with E-state index in [4.69, 9.17) is 0 Å². The SMILES string of the molecule is C=CCNC(=O)CN1CC=C(c2cccnc2)C1. The number of aromatic nitrogens is 1. The maximum absolute atomic E-state index is 11.6. The van der Waals surface area contributed by atoms with Crippen LogP contribution in [0.3, 0.4) is 0 Å². The van der Waals surface area contributed by atoms with Gasteiger partial charge in [0.1, 0.15) is 0 Å². The van der Waals surface area contributed by atoms with Gasteiger partial charge in [-0.2, -0.15) is 0 Å². The van der Waals surface area contributed by atoms with Crippen LogP contribution in [0, 0.1) is 0 Å². The highest BCUT2D eigenvalue weighted by molar-refractivity contribution is 5.79. The van der Waals surface area contributed by atoms with Crippen molar-refractivity contribution in [3.8, 4) is 0 Å². The fourth-order valence-corrected chi connectivity index (χ4v) is 1.94. The molecule has 0 unspecified atom stereocenters. The molecule has 0 bridgehead atoms. The summed E-state index contributed by atoms with van der Waals surface area (Å²) in [5, 5.41) is 2.78. The average Bonchev–Trinajstić information content (AvgIpc) is 2.86. The molecular formula is C14H17N3O. The highest BCUT2D eigenvalue weighted by atomic mass is 16.2. The zero-order valence-electron chi connectivity index (χ0n) is 10.3. The smallest absolute Gasteiger partial charge is 0.234 e. The highest BCUT2D eigenvalue weighted by Crippen LogP contribution is 2.19. The number of hydrogen-bond acceptors (Lipinski definition) is 3. The molecule has 1 N–H and O–H groups in total. The number of hydrogen-bond donors (Lipinski definition) is 1. The molecule has 1 aromatic rings. The third-order valence-electron chi connectivity index (χ3n) is 2.83. The Balaban J connectivity index is 1.84. The molecule has 2 rings (SSSR count). The minimum atomic E-state index is 0.0377. The van der Waals surface area contributed by atoms with E-state index in [1.54, 1.807) is 12.3 Å². The van der Waals surface area contributed by atoms with E-state index in [1.165, 1.54) is 5.57 Å². The molecule has 2 heterocycles. The third kappa shape index (κ3) is 3.28. The van der Waals surface area contributed by atoms with Crippen LogP contribution in [0.25, 0.3) is 5.57 Å². The first-order valence-corrected chi connectivity index (χ1v) is 5.99. The molecule has 0 fully saturated rings. The van der Waals surface area contributed by atoms with Gasteiger partial charge in [0, 0.05) is 32.0 Å². The van der Waals surface area contributed by atoms with Crippen molar-refractivity contribution in [2.45, 2.75) is 0 Å². The first-order valence-electron chi connectivity index (χ1n) is 5.99. The maximum atomic E-state index is 11.6. The molecule has 0 aliphatic carbocycles.